The van der Waals surface area contributed by atoms with E-state index in [1.807, 2.05) is 139 Å². The second-order valence-corrected chi connectivity index (χ2v) is 33.9. The third-order valence-corrected chi connectivity index (χ3v) is 24.9. The van der Waals surface area contributed by atoms with Crippen LogP contribution >= 0.6 is 0 Å². The van der Waals surface area contributed by atoms with E-state index in [1.54, 1.807) is 41.5 Å². The number of nitrogens with one attached hydrogen (secondary N) is 2. The molecule has 646 valence electrons. The number of fused-ring (bicyclic) bond motifs is 8. The van der Waals surface area contributed by atoms with Gasteiger partial charge in [0.15, 0.2) is 0 Å². The van der Waals surface area contributed by atoms with Crippen molar-refractivity contribution in [2.45, 2.75) is 245 Å². The minimum atomic E-state index is -0.246. The zero-order valence-corrected chi connectivity index (χ0v) is 77.7. The highest BCUT2D eigenvalue weighted by atomic mass is 16.2. The Kier molecular flexibility index (Phi) is 32.3. The first-order valence-corrected chi connectivity index (χ1v) is 44.2. The first kappa shape index (κ1) is 94.9. The molecule has 14 heteroatoms. The Hall–Kier alpha value is -11.9. The number of hydrogen-bond acceptors (Lipinski definition) is 8. The van der Waals surface area contributed by atoms with Gasteiger partial charge in [0.25, 0.3) is 0 Å². The van der Waals surface area contributed by atoms with E-state index < -0.39 is 0 Å². The summed E-state index contributed by atoms with van der Waals surface area (Å²) in [5.74, 6) is 0.616. The Morgan fingerprint density at radius 1 is 0.309 bits per heavy atom. The molecule has 14 nitrogen and oxygen atoms in total. The minimum absolute atomic E-state index is 0.0844. The summed E-state index contributed by atoms with van der Waals surface area (Å²) in [6.45, 7) is 49.9. The standard InChI is InChI=1S/C17H23NO.2C15H19NO.2C14H17NO.C13H15NO.C11H13N.C10H11N/c1-5-14-12-17(6-2,7-3)18(13(4)19)16-11-9-8-10-15(14)16;2*1-5-15(4)10-11(2)13-8-6-7-9-14(13)16(15)12(3)17;1-10-9-14(3,4)15(11(2)16)13-8-6-5-7-12(10)13;1-4-12-9-10(2)15(11(3)16)14-8-6-5-7-13(12)14;1-9-8-10(2)14(11(3)15)13-7-5-4-6-12(9)13;1-2-9-7-8-12-11-6-4-3-5-10(9)11;1-8-6-7-11-10-5-3-2-4-9(8)10/h8-12H,5-7H2,1-4H3;2*6-10H,5H2,1-4H3;5-9H,1-4H3;5-10H,4H2,1-3H3;4-8,10H,1-3H3;3-7,12H,2,8H2,1H3;2-6,11H,7H2,1H3. The summed E-state index contributed by atoms with van der Waals surface area (Å²) in [7, 11) is 0. The lowest BCUT2D eigenvalue weighted by molar-refractivity contribution is -0.118. The molecule has 6 amide bonds. The van der Waals surface area contributed by atoms with Gasteiger partial charge in [-0.15, -0.1) is 0 Å². The quantitative estimate of drug-likeness (QED) is 0.160. The van der Waals surface area contributed by atoms with Gasteiger partial charge >= 0.3 is 0 Å². The number of nitrogens with zero attached hydrogens (tertiary/aromatic N) is 6. The highest BCUT2D eigenvalue weighted by Gasteiger charge is 2.41. The van der Waals surface area contributed by atoms with E-state index in [0.717, 1.165) is 114 Å². The van der Waals surface area contributed by atoms with E-state index in [9.17, 15) is 28.8 Å². The number of anilines is 8. The molecule has 16 rings (SSSR count). The van der Waals surface area contributed by atoms with Crippen molar-refractivity contribution >= 4 is 126 Å². The van der Waals surface area contributed by atoms with Gasteiger partial charge in [-0.25, -0.2) is 0 Å². The molecule has 8 aliphatic heterocycles. The fraction of sp³-hybridized carbons (Fsp3) is 0.358. The van der Waals surface area contributed by atoms with Crippen LogP contribution in [0.4, 0.5) is 45.5 Å². The number of allylic oxidation sites excluding steroid dienone is 8. The molecule has 0 fully saturated rings. The molecule has 8 aliphatic rings. The van der Waals surface area contributed by atoms with Crippen molar-refractivity contribution in [3.05, 3.63) is 287 Å². The normalized spacial score (nSPS) is 18.9. The Balaban J connectivity index is 0.000000160. The van der Waals surface area contributed by atoms with Gasteiger partial charge < -0.3 is 40.0 Å². The number of para-hydroxylation sites is 8. The van der Waals surface area contributed by atoms with E-state index in [0.29, 0.717) is 0 Å². The van der Waals surface area contributed by atoms with E-state index >= 15 is 0 Å². The summed E-state index contributed by atoms with van der Waals surface area (Å²) in [4.78, 5) is 82.4. The molecule has 8 aromatic rings. The molecule has 0 aliphatic carbocycles. The van der Waals surface area contributed by atoms with Crippen molar-refractivity contribution < 1.29 is 28.8 Å². The van der Waals surface area contributed by atoms with Crippen molar-refractivity contribution in [3.63, 3.8) is 0 Å². The molecule has 0 saturated carbocycles. The van der Waals surface area contributed by atoms with E-state index in [4.69, 9.17) is 0 Å². The summed E-state index contributed by atoms with van der Waals surface area (Å²) in [6.07, 6.45) is 24.5. The smallest absolute Gasteiger partial charge is 0.224 e. The van der Waals surface area contributed by atoms with Gasteiger partial charge in [-0.2, -0.15) is 0 Å². The zero-order valence-electron chi connectivity index (χ0n) is 77.7. The highest BCUT2D eigenvalue weighted by Crippen LogP contribution is 2.47. The summed E-state index contributed by atoms with van der Waals surface area (Å²) >= 11 is 0. The number of amides is 6. The lowest BCUT2D eigenvalue weighted by atomic mass is 9.81. The average molecular weight is 1650 g/mol. The molecule has 4 unspecified atom stereocenters. The lowest BCUT2D eigenvalue weighted by Gasteiger charge is -2.45. The summed E-state index contributed by atoms with van der Waals surface area (Å²) in [5, 5.41) is 6.67. The van der Waals surface area contributed by atoms with Gasteiger partial charge in [0, 0.05) is 111 Å². The SMILES string of the molecule is CC(=O)N1c2ccccc2C(C)=CC1(C)C.CC(=O)N1c2ccccc2C(C)=CC1C.CC1=CCNc2ccccc21.CCC1(C)C=C(C)c2ccccc2N1C(C)=O.CCC1(C)C=C(C)c2ccccc2N1C(C)=O.CCC1=CC(C)N(C(C)=O)c2ccccc21.CCC1=CC(CC)(CC)N(C(C)=O)c2ccccc21.CCC1=CCNc2ccccc21. The van der Waals surface area contributed by atoms with Crippen LogP contribution in [0.2, 0.25) is 0 Å². The van der Waals surface area contributed by atoms with Gasteiger partial charge in [-0.1, -0.05) is 243 Å². The van der Waals surface area contributed by atoms with Crippen molar-refractivity contribution in [2.75, 3.05) is 53.1 Å². The third kappa shape index (κ3) is 21.2. The second-order valence-electron chi connectivity index (χ2n) is 33.9. The van der Waals surface area contributed by atoms with E-state index in [2.05, 4.69) is 268 Å². The number of carbonyl (C=O) groups is 6. The fourth-order valence-electron chi connectivity index (χ4n) is 18.8. The fourth-order valence-corrected chi connectivity index (χ4v) is 18.8. The molecule has 123 heavy (non-hydrogen) atoms. The maximum Gasteiger partial charge on any atom is 0.224 e. The monoisotopic (exact) mass is 1650 g/mol. The maximum atomic E-state index is 12.2. The largest absolute Gasteiger partial charge is 0.381 e. The molecule has 0 spiro atoms. The van der Waals surface area contributed by atoms with Crippen LogP contribution in [0.3, 0.4) is 0 Å². The van der Waals surface area contributed by atoms with Gasteiger partial charge in [-0.05, 0) is 214 Å². The number of hydrogen-bond donors (Lipinski definition) is 2. The first-order valence-electron chi connectivity index (χ1n) is 44.2. The molecule has 0 radical (unpaired) electrons. The molecular formula is C109H134N8O6. The molecule has 0 aromatic heterocycles. The zero-order chi connectivity index (χ0) is 90.0. The van der Waals surface area contributed by atoms with E-state index in [-0.39, 0.29) is 69.7 Å². The van der Waals surface area contributed by atoms with Gasteiger partial charge in [0.05, 0.1) is 68.4 Å². The average Bonchev–Trinajstić information content (AvgIpc) is 0.762. The van der Waals surface area contributed by atoms with Crippen molar-refractivity contribution in [1.29, 1.82) is 0 Å². The number of benzene rings is 8. The molecular weight excluding hydrogens is 1520 g/mol. The molecule has 0 bridgehead atoms. The summed E-state index contributed by atoms with van der Waals surface area (Å²) < 4.78 is 0. The molecule has 8 heterocycles. The van der Waals surface area contributed by atoms with Crippen LogP contribution in [0.5, 0.6) is 0 Å². The van der Waals surface area contributed by atoms with Gasteiger partial charge in [-0.3, -0.25) is 28.8 Å². The summed E-state index contributed by atoms with van der Waals surface area (Å²) in [6, 6.07) is 65.9. The van der Waals surface area contributed by atoms with Crippen LogP contribution in [0.15, 0.2) is 243 Å². The van der Waals surface area contributed by atoms with Crippen molar-refractivity contribution in [2.24, 2.45) is 0 Å². The minimum Gasteiger partial charge on any atom is -0.381 e. The van der Waals surface area contributed by atoms with Crippen LogP contribution in [-0.2, 0) is 28.8 Å². The molecule has 0 saturated heterocycles. The lowest BCUT2D eigenvalue weighted by Crippen LogP contribution is -2.51. The van der Waals surface area contributed by atoms with Crippen LogP contribution in [-0.4, -0.2) is 82.8 Å². The predicted molar refractivity (Wildman–Crippen MR) is 524 cm³/mol. The van der Waals surface area contributed by atoms with Crippen molar-refractivity contribution in [1.82, 2.24) is 0 Å². The first-order chi connectivity index (χ1) is 58.6. The van der Waals surface area contributed by atoms with Gasteiger partial charge in [0.2, 0.25) is 35.4 Å². The second kappa shape index (κ2) is 41.8. The van der Waals surface area contributed by atoms with Crippen LogP contribution in [0.25, 0.3) is 44.6 Å². The van der Waals surface area contributed by atoms with Crippen molar-refractivity contribution in [3.8, 4) is 0 Å². The topological polar surface area (TPSA) is 146 Å². The number of rotatable bonds is 7. The molecule has 2 N–H and O–H groups in total. The predicted octanol–water partition coefficient (Wildman–Crippen LogP) is 26.4. The maximum absolute atomic E-state index is 12.2. The Morgan fingerprint density at radius 3 is 1.02 bits per heavy atom. The number of carbonyl (C=O) groups excluding carboxylic acids is 6. The Bertz CT molecular complexity index is 5350. The van der Waals surface area contributed by atoms with Crippen LogP contribution < -0.4 is 40.0 Å². The van der Waals surface area contributed by atoms with Gasteiger partial charge in [0.1, 0.15) is 0 Å². The van der Waals surface area contributed by atoms with Crippen LogP contribution in [0, 0.1) is 0 Å². The molecule has 8 aromatic carbocycles. The highest BCUT2D eigenvalue weighted by molar-refractivity contribution is 6.04. The molecule has 4 atom stereocenters. The van der Waals surface area contributed by atoms with E-state index in [1.165, 1.54) is 78.2 Å². The Labute approximate surface area is 735 Å². The third-order valence-electron chi connectivity index (χ3n) is 24.9. The summed E-state index contributed by atoms with van der Waals surface area (Å²) in [5.41, 5.74) is 28.2. The van der Waals surface area contributed by atoms with Crippen LogP contribution in [0.1, 0.15) is 256 Å². The Morgan fingerprint density at radius 2 is 0.626 bits per heavy atom.